The van der Waals surface area contributed by atoms with Gasteiger partial charge in [0, 0.05) is 11.1 Å². The van der Waals surface area contributed by atoms with Crippen molar-refractivity contribution in [2.24, 2.45) is 0 Å². The van der Waals surface area contributed by atoms with Crippen LogP contribution in [-0.4, -0.2) is 5.11 Å². The van der Waals surface area contributed by atoms with Crippen molar-refractivity contribution < 1.29 is 9.52 Å². The average molecular weight is 173 g/mol. The molecule has 2 aliphatic rings. The number of hydrogen-bond acceptors (Lipinski definition) is 3. The highest BCUT2D eigenvalue weighted by Crippen LogP contribution is 2.31. The molecule has 0 fully saturated rings. The maximum Gasteiger partial charge on any atom is 0.0995 e. The van der Waals surface area contributed by atoms with Gasteiger partial charge in [0.2, 0.25) is 0 Å². The fraction of sp³-hybridized carbons (Fsp3) is 0.100. The molecule has 1 N–H and O–H groups in total. The summed E-state index contributed by atoms with van der Waals surface area (Å²) in [6, 6.07) is 5.50. The van der Waals surface area contributed by atoms with Crippen LogP contribution < -0.4 is 0 Å². The first-order valence-corrected chi connectivity index (χ1v) is 3.85. The molecule has 0 aromatic carbocycles. The van der Waals surface area contributed by atoms with E-state index in [-0.39, 0.29) is 6.61 Å². The first kappa shape index (κ1) is 7.84. The van der Waals surface area contributed by atoms with Gasteiger partial charge >= 0.3 is 0 Å². The van der Waals surface area contributed by atoms with Gasteiger partial charge in [-0.2, -0.15) is 5.26 Å². The molecule has 2 rings (SSSR count). The van der Waals surface area contributed by atoms with Crippen molar-refractivity contribution >= 4 is 0 Å². The summed E-state index contributed by atoms with van der Waals surface area (Å²) in [5.41, 5.74) is 2.92. The maximum atomic E-state index is 9.05. The van der Waals surface area contributed by atoms with Crippen molar-refractivity contribution in [2.75, 3.05) is 0 Å². The van der Waals surface area contributed by atoms with E-state index in [1.54, 1.807) is 18.4 Å². The molecule has 0 amide bonds. The van der Waals surface area contributed by atoms with Crippen LogP contribution in [-0.2, 0) is 6.61 Å². The summed E-state index contributed by atoms with van der Waals surface area (Å²) in [6.45, 7) is -0.115. The Bertz CT molecular complexity index is 439. The van der Waals surface area contributed by atoms with Crippen LogP contribution in [0.3, 0.4) is 0 Å². The van der Waals surface area contributed by atoms with Crippen molar-refractivity contribution in [2.45, 2.75) is 6.61 Å². The summed E-state index contributed by atoms with van der Waals surface area (Å²) in [7, 11) is 0. The molecule has 0 aromatic heterocycles. The Morgan fingerprint density at radius 3 is 3.08 bits per heavy atom. The summed E-state index contributed by atoms with van der Waals surface area (Å²) in [6.07, 6.45) is 3.10. The quantitative estimate of drug-likeness (QED) is 0.714. The lowest BCUT2D eigenvalue weighted by Crippen LogP contribution is -1.85. The third-order valence-electron chi connectivity index (χ3n) is 2.05. The zero-order valence-corrected chi connectivity index (χ0v) is 6.82. The number of nitrogens with zero attached hydrogens (tertiary/aromatic N) is 1. The molecule has 0 atom stereocenters. The Hall–Kier alpha value is -1.79. The second-order valence-electron chi connectivity index (χ2n) is 2.73. The topological polar surface area (TPSA) is 57.2 Å². The zero-order chi connectivity index (χ0) is 9.26. The molecule has 0 bridgehead atoms. The average Bonchev–Trinajstić information content (AvgIpc) is 2.55. The molecule has 0 saturated carbocycles. The van der Waals surface area contributed by atoms with E-state index in [0.717, 1.165) is 11.1 Å². The molecule has 0 aromatic rings. The molecule has 0 spiro atoms. The number of rotatable bonds is 1. The highest BCUT2D eigenvalue weighted by Gasteiger charge is 2.14. The highest BCUT2D eigenvalue weighted by molar-refractivity contribution is 5.74. The van der Waals surface area contributed by atoms with Gasteiger partial charge in [0.1, 0.15) is 0 Å². The first-order valence-electron chi connectivity index (χ1n) is 3.85. The standard InChI is InChI=1S/C10H7NO2/c11-4-7-3-8-6-13-2-1-9(8)10(7)5-12/h1-3,6,12H,5H2. The van der Waals surface area contributed by atoms with Crippen LogP contribution in [0.4, 0.5) is 0 Å². The fourth-order valence-corrected chi connectivity index (χ4v) is 1.42. The largest absolute Gasteiger partial charge is 0.472 e. The summed E-state index contributed by atoms with van der Waals surface area (Å²) < 4.78 is 4.96. The predicted molar refractivity (Wildman–Crippen MR) is 46.0 cm³/mol. The minimum absolute atomic E-state index is 0.115. The Kier molecular flexibility index (Phi) is 1.76. The summed E-state index contributed by atoms with van der Waals surface area (Å²) in [5, 5.41) is 17.8. The molecule has 13 heavy (non-hydrogen) atoms. The zero-order valence-electron chi connectivity index (χ0n) is 6.82. The van der Waals surface area contributed by atoms with E-state index in [9.17, 15) is 0 Å². The van der Waals surface area contributed by atoms with E-state index in [2.05, 4.69) is 0 Å². The van der Waals surface area contributed by atoms with Gasteiger partial charge < -0.3 is 9.52 Å². The molecule has 1 heterocycles. The van der Waals surface area contributed by atoms with Crippen LogP contribution in [0, 0.1) is 11.3 Å². The number of nitriles is 1. The molecule has 0 saturated heterocycles. The molecular formula is C10H7NO2. The van der Waals surface area contributed by atoms with Crippen LogP contribution in [0.2, 0.25) is 0 Å². The van der Waals surface area contributed by atoms with Crippen molar-refractivity contribution in [3.8, 4) is 17.2 Å². The van der Waals surface area contributed by atoms with Gasteiger partial charge in [-0.15, -0.1) is 0 Å². The van der Waals surface area contributed by atoms with Gasteiger partial charge in [-0.3, -0.25) is 0 Å². The van der Waals surface area contributed by atoms with E-state index in [1.807, 2.05) is 6.07 Å². The van der Waals surface area contributed by atoms with Gasteiger partial charge in [0.15, 0.2) is 0 Å². The molecule has 64 valence electrons. The SMILES string of the molecule is N#Cc1cc2coccc-2c1CO. The van der Waals surface area contributed by atoms with E-state index in [1.165, 1.54) is 6.26 Å². The molecule has 3 nitrogen and oxygen atoms in total. The second kappa shape index (κ2) is 2.92. The maximum absolute atomic E-state index is 9.05. The van der Waals surface area contributed by atoms with E-state index in [4.69, 9.17) is 14.8 Å². The minimum atomic E-state index is -0.115. The lowest BCUT2D eigenvalue weighted by atomic mass is 10.1. The lowest BCUT2D eigenvalue weighted by Gasteiger charge is -1.98. The number of aliphatic hydroxyl groups is 1. The normalized spacial score (nSPS) is 10.2. The summed E-state index contributed by atoms with van der Waals surface area (Å²) >= 11 is 0. The number of hydrogen-bond donors (Lipinski definition) is 1. The Morgan fingerprint density at radius 1 is 1.54 bits per heavy atom. The van der Waals surface area contributed by atoms with Gasteiger partial charge in [-0.05, 0) is 17.7 Å². The molecule has 0 radical (unpaired) electrons. The monoisotopic (exact) mass is 173 g/mol. The molecule has 1 aliphatic carbocycles. The van der Waals surface area contributed by atoms with Crippen LogP contribution in [0.5, 0.6) is 0 Å². The van der Waals surface area contributed by atoms with Gasteiger partial charge in [-0.25, -0.2) is 0 Å². The smallest absolute Gasteiger partial charge is 0.0995 e. The lowest BCUT2D eigenvalue weighted by molar-refractivity contribution is 0.282. The van der Waals surface area contributed by atoms with E-state index >= 15 is 0 Å². The second-order valence-corrected chi connectivity index (χ2v) is 2.73. The van der Waals surface area contributed by atoms with E-state index in [0.29, 0.717) is 11.1 Å². The molecular weight excluding hydrogens is 166 g/mol. The van der Waals surface area contributed by atoms with Gasteiger partial charge in [0.25, 0.3) is 0 Å². The van der Waals surface area contributed by atoms with Crippen LogP contribution in [0.25, 0.3) is 11.1 Å². The van der Waals surface area contributed by atoms with Crippen molar-refractivity contribution in [3.05, 3.63) is 35.8 Å². The molecule has 3 heteroatoms. The third kappa shape index (κ3) is 1.08. The molecule has 0 unspecified atom stereocenters. The minimum Gasteiger partial charge on any atom is -0.472 e. The highest BCUT2D eigenvalue weighted by atomic mass is 16.3. The third-order valence-corrected chi connectivity index (χ3v) is 2.05. The van der Waals surface area contributed by atoms with Gasteiger partial charge in [0.05, 0.1) is 30.8 Å². The first-order chi connectivity index (χ1) is 6.36. The summed E-state index contributed by atoms with van der Waals surface area (Å²) in [5.74, 6) is 0. The van der Waals surface area contributed by atoms with Gasteiger partial charge in [-0.1, -0.05) is 0 Å². The van der Waals surface area contributed by atoms with Crippen molar-refractivity contribution in [3.63, 3.8) is 0 Å². The number of fused-ring (bicyclic) bond motifs is 1. The van der Waals surface area contributed by atoms with Crippen molar-refractivity contribution in [1.29, 1.82) is 5.26 Å². The number of aliphatic hydroxyl groups excluding tert-OH is 1. The van der Waals surface area contributed by atoms with Crippen molar-refractivity contribution in [1.82, 2.24) is 0 Å². The summed E-state index contributed by atoms with van der Waals surface area (Å²) in [4.78, 5) is 0. The van der Waals surface area contributed by atoms with Crippen LogP contribution in [0.1, 0.15) is 11.1 Å². The van der Waals surface area contributed by atoms with E-state index < -0.39 is 0 Å². The molecule has 1 aliphatic heterocycles. The van der Waals surface area contributed by atoms with Crippen LogP contribution >= 0.6 is 0 Å². The Morgan fingerprint density at radius 2 is 2.38 bits per heavy atom. The Balaban J connectivity index is 2.75. The predicted octanol–water partition coefficient (Wildman–Crippen LogP) is 1.75. The Labute approximate surface area is 75.2 Å². The van der Waals surface area contributed by atoms with Crippen LogP contribution in [0.15, 0.2) is 29.1 Å². The fourth-order valence-electron chi connectivity index (χ4n) is 1.42.